The zero-order valence-electron chi connectivity index (χ0n) is 7.24. The van der Waals surface area contributed by atoms with E-state index in [4.69, 9.17) is 23.2 Å². The molecule has 0 atom stereocenters. The molecule has 13 heavy (non-hydrogen) atoms. The van der Waals surface area contributed by atoms with Crippen molar-refractivity contribution < 1.29 is 9.50 Å². The van der Waals surface area contributed by atoms with Gasteiger partial charge in [-0.25, -0.2) is 4.39 Å². The van der Waals surface area contributed by atoms with E-state index in [0.717, 1.165) is 0 Å². The van der Waals surface area contributed by atoms with Crippen molar-refractivity contribution in [3.8, 4) is 0 Å². The maximum Gasteiger partial charge on any atom is 0.149 e. The fourth-order valence-electron chi connectivity index (χ4n) is 1.09. The summed E-state index contributed by atoms with van der Waals surface area (Å²) in [5, 5.41) is 9.73. The highest BCUT2D eigenvalue weighted by atomic mass is 35.5. The van der Waals surface area contributed by atoms with Gasteiger partial charge in [0.1, 0.15) is 5.82 Å². The summed E-state index contributed by atoms with van der Waals surface area (Å²) in [7, 11) is 0. The van der Waals surface area contributed by atoms with Crippen LogP contribution in [0, 0.1) is 5.82 Å². The molecule has 0 bridgehead atoms. The number of aliphatic hydroxyl groups is 1. The Morgan fingerprint density at radius 2 is 1.69 bits per heavy atom. The SMILES string of the molecule is CC(C)(O)c1c(Cl)ccc(Cl)c1F. The summed E-state index contributed by atoms with van der Waals surface area (Å²) in [5.41, 5.74) is -1.30. The molecule has 1 rings (SSSR count). The van der Waals surface area contributed by atoms with Crippen molar-refractivity contribution in [3.05, 3.63) is 33.6 Å². The van der Waals surface area contributed by atoms with E-state index >= 15 is 0 Å². The molecule has 1 nitrogen and oxygen atoms in total. The number of hydrogen-bond acceptors (Lipinski definition) is 1. The molecular weight excluding hydrogens is 214 g/mol. The van der Waals surface area contributed by atoms with E-state index < -0.39 is 11.4 Å². The van der Waals surface area contributed by atoms with Crippen LogP contribution in [0.1, 0.15) is 19.4 Å². The van der Waals surface area contributed by atoms with E-state index in [1.807, 2.05) is 0 Å². The van der Waals surface area contributed by atoms with E-state index in [1.165, 1.54) is 26.0 Å². The molecule has 1 aromatic carbocycles. The minimum Gasteiger partial charge on any atom is -0.386 e. The lowest BCUT2D eigenvalue weighted by Crippen LogP contribution is -2.18. The van der Waals surface area contributed by atoms with E-state index in [0.29, 0.717) is 0 Å². The Hall–Kier alpha value is -0.310. The highest BCUT2D eigenvalue weighted by molar-refractivity contribution is 6.33. The van der Waals surface area contributed by atoms with Gasteiger partial charge in [-0.05, 0) is 26.0 Å². The van der Waals surface area contributed by atoms with Crippen LogP contribution in [0.3, 0.4) is 0 Å². The Morgan fingerprint density at radius 1 is 1.23 bits per heavy atom. The average Bonchev–Trinajstić information content (AvgIpc) is 1.95. The van der Waals surface area contributed by atoms with Crippen LogP contribution >= 0.6 is 23.2 Å². The number of benzene rings is 1. The molecule has 0 aromatic heterocycles. The molecule has 4 heteroatoms. The molecule has 0 unspecified atom stereocenters. The Bertz CT molecular complexity index is 331. The summed E-state index contributed by atoms with van der Waals surface area (Å²) < 4.78 is 13.4. The summed E-state index contributed by atoms with van der Waals surface area (Å²) in [5.74, 6) is -0.665. The second-order valence-corrected chi connectivity index (χ2v) is 4.09. The lowest BCUT2D eigenvalue weighted by atomic mass is 9.98. The van der Waals surface area contributed by atoms with Gasteiger partial charge in [0.05, 0.1) is 10.6 Å². The van der Waals surface area contributed by atoms with Crippen LogP contribution < -0.4 is 0 Å². The molecular formula is C9H9Cl2FO. The third-order valence-electron chi connectivity index (χ3n) is 1.66. The minimum absolute atomic E-state index is 0.0293. The maximum atomic E-state index is 13.4. The molecule has 0 radical (unpaired) electrons. The van der Waals surface area contributed by atoms with E-state index in [9.17, 15) is 9.50 Å². The average molecular weight is 223 g/mol. The van der Waals surface area contributed by atoms with Gasteiger partial charge in [-0.1, -0.05) is 23.2 Å². The lowest BCUT2D eigenvalue weighted by Gasteiger charge is -2.20. The van der Waals surface area contributed by atoms with Crippen molar-refractivity contribution in [2.75, 3.05) is 0 Å². The molecule has 72 valence electrons. The Balaban J connectivity index is 3.43. The van der Waals surface area contributed by atoms with Crippen LogP contribution in [0.25, 0.3) is 0 Å². The Morgan fingerprint density at radius 3 is 2.08 bits per heavy atom. The fraction of sp³-hybridized carbons (Fsp3) is 0.333. The van der Waals surface area contributed by atoms with Gasteiger partial charge in [-0.2, -0.15) is 0 Å². The summed E-state index contributed by atoms with van der Waals surface area (Å²) in [6.07, 6.45) is 0. The summed E-state index contributed by atoms with van der Waals surface area (Å²) >= 11 is 11.3. The van der Waals surface area contributed by atoms with Gasteiger partial charge in [-0.15, -0.1) is 0 Å². The van der Waals surface area contributed by atoms with Gasteiger partial charge in [0.15, 0.2) is 0 Å². The lowest BCUT2D eigenvalue weighted by molar-refractivity contribution is 0.0747. The molecule has 0 amide bonds. The van der Waals surface area contributed by atoms with Crippen molar-refractivity contribution in [2.24, 2.45) is 0 Å². The fourth-order valence-corrected chi connectivity index (χ4v) is 1.62. The van der Waals surface area contributed by atoms with Gasteiger partial charge in [0.2, 0.25) is 0 Å². The Labute approximate surface area is 86.1 Å². The van der Waals surface area contributed by atoms with Crippen molar-refractivity contribution >= 4 is 23.2 Å². The molecule has 0 aliphatic heterocycles. The topological polar surface area (TPSA) is 20.2 Å². The van der Waals surface area contributed by atoms with Crippen LogP contribution in [0.4, 0.5) is 4.39 Å². The first-order chi connectivity index (χ1) is 5.84. The van der Waals surface area contributed by atoms with Crippen LogP contribution in [0.5, 0.6) is 0 Å². The first-order valence-electron chi connectivity index (χ1n) is 3.70. The number of rotatable bonds is 1. The third-order valence-corrected chi connectivity index (χ3v) is 2.26. The van der Waals surface area contributed by atoms with Crippen LogP contribution in [0.15, 0.2) is 12.1 Å². The van der Waals surface area contributed by atoms with Crippen LogP contribution in [-0.2, 0) is 5.60 Å². The Kier molecular flexibility index (Phi) is 2.85. The van der Waals surface area contributed by atoms with Gasteiger partial charge in [-0.3, -0.25) is 0 Å². The molecule has 0 aliphatic carbocycles. The van der Waals surface area contributed by atoms with Crippen molar-refractivity contribution in [3.63, 3.8) is 0 Å². The highest BCUT2D eigenvalue weighted by Crippen LogP contribution is 2.33. The highest BCUT2D eigenvalue weighted by Gasteiger charge is 2.25. The molecule has 0 saturated heterocycles. The zero-order valence-corrected chi connectivity index (χ0v) is 8.75. The molecule has 0 aliphatic rings. The van der Waals surface area contributed by atoms with Crippen molar-refractivity contribution in [1.82, 2.24) is 0 Å². The van der Waals surface area contributed by atoms with Gasteiger partial charge in [0.25, 0.3) is 0 Å². The maximum absolute atomic E-state index is 13.4. The first-order valence-corrected chi connectivity index (χ1v) is 4.46. The van der Waals surface area contributed by atoms with E-state index in [-0.39, 0.29) is 15.6 Å². The van der Waals surface area contributed by atoms with E-state index in [1.54, 1.807) is 0 Å². The summed E-state index contributed by atoms with van der Waals surface area (Å²) in [6, 6.07) is 2.81. The second-order valence-electron chi connectivity index (χ2n) is 3.28. The largest absolute Gasteiger partial charge is 0.386 e. The number of hydrogen-bond donors (Lipinski definition) is 1. The zero-order chi connectivity index (χ0) is 10.2. The standard InChI is InChI=1S/C9H9Cl2FO/c1-9(2,13)7-5(10)3-4-6(11)8(7)12/h3-4,13H,1-2H3. The summed E-state index contributed by atoms with van der Waals surface area (Å²) in [4.78, 5) is 0. The smallest absolute Gasteiger partial charge is 0.149 e. The molecule has 0 heterocycles. The van der Waals surface area contributed by atoms with Crippen molar-refractivity contribution in [1.29, 1.82) is 0 Å². The molecule has 0 saturated carbocycles. The third kappa shape index (κ3) is 2.13. The normalized spacial score (nSPS) is 11.8. The monoisotopic (exact) mass is 222 g/mol. The predicted molar refractivity (Wildman–Crippen MR) is 51.7 cm³/mol. The van der Waals surface area contributed by atoms with E-state index in [2.05, 4.69) is 0 Å². The van der Waals surface area contributed by atoms with Gasteiger partial charge >= 0.3 is 0 Å². The minimum atomic E-state index is -1.33. The molecule has 0 spiro atoms. The van der Waals surface area contributed by atoms with Gasteiger partial charge < -0.3 is 5.11 Å². The molecule has 0 fully saturated rings. The van der Waals surface area contributed by atoms with Crippen LogP contribution in [0.2, 0.25) is 10.0 Å². The summed E-state index contributed by atoms with van der Waals surface area (Å²) in [6.45, 7) is 2.90. The predicted octanol–water partition coefficient (Wildman–Crippen LogP) is 3.36. The first kappa shape index (κ1) is 10.8. The van der Waals surface area contributed by atoms with Crippen LogP contribution in [-0.4, -0.2) is 5.11 Å². The second kappa shape index (κ2) is 3.45. The quantitative estimate of drug-likeness (QED) is 0.723. The molecule has 1 aromatic rings. The van der Waals surface area contributed by atoms with Gasteiger partial charge in [0, 0.05) is 10.6 Å². The number of halogens is 3. The van der Waals surface area contributed by atoms with Crippen molar-refractivity contribution in [2.45, 2.75) is 19.4 Å². The molecule has 1 N–H and O–H groups in total.